The van der Waals surface area contributed by atoms with Crippen LogP contribution in [0.4, 0.5) is 26.3 Å². The normalized spacial score (nSPS) is 17.3. The number of nitrogens with one attached hydrogen (secondary N) is 1. The molecule has 0 saturated carbocycles. The van der Waals surface area contributed by atoms with E-state index >= 15 is 0 Å². The second-order valence-corrected chi connectivity index (χ2v) is 11.8. The Morgan fingerprint density at radius 1 is 0.913 bits per heavy atom. The Labute approximate surface area is 263 Å². The molecule has 3 aromatic carbocycles. The van der Waals surface area contributed by atoms with Gasteiger partial charge in [0.2, 0.25) is 0 Å². The number of carbonyl (C=O) groups excluding carboxylic acids is 2. The first-order chi connectivity index (χ1) is 21.5. The maximum Gasteiger partial charge on any atom is 0.416 e. The average Bonchev–Trinajstić information content (AvgIpc) is 2.98. The summed E-state index contributed by atoms with van der Waals surface area (Å²) in [7, 11) is 0. The van der Waals surface area contributed by atoms with E-state index in [4.69, 9.17) is 16.0 Å². The van der Waals surface area contributed by atoms with Crippen molar-refractivity contribution in [3.05, 3.63) is 115 Å². The number of carbonyl (C=O) groups is 2. The van der Waals surface area contributed by atoms with Gasteiger partial charge in [0.1, 0.15) is 5.58 Å². The number of aryl methyl sites for hydroxylation is 2. The first kappa shape index (κ1) is 33.1. The summed E-state index contributed by atoms with van der Waals surface area (Å²) in [4.78, 5) is 40.8. The summed E-state index contributed by atoms with van der Waals surface area (Å²) >= 11 is 5.99. The van der Waals surface area contributed by atoms with Crippen molar-refractivity contribution in [2.75, 3.05) is 6.54 Å². The maximum absolute atomic E-state index is 13.6. The molecule has 0 aliphatic carbocycles. The monoisotopic (exact) mass is 664 g/mol. The first-order valence-corrected chi connectivity index (χ1v) is 14.6. The SMILES string of the molecule is Cc1cc2oc(C(=O)N[C@H]3CCN(C(=O)c4cc(C(F)(F)F)cc(C(F)(F)F)c4)[C@H](Cc4ccc(Cl)cc4)C3)cc(=O)c2cc1C. The van der Waals surface area contributed by atoms with E-state index in [0.717, 1.165) is 17.2 Å². The predicted molar refractivity (Wildman–Crippen MR) is 159 cm³/mol. The molecule has 46 heavy (non-hydrogen) atoms. The van der Waals surface area contributed by atoms with Crippen molar-refractivity contribution in [2.45, 2.75) is 57.5 Å². The molecule has 2 atom stereocenters. The number of halogens is 7. The van der Waals surface area contributed by atoms with Crippen LogP contribution in [0.3, 0.4) is 0 Å². The van der Waals surface area contributed by atoms with E-state index in [0.29, 0.717) is 28.1 Å². The van der Waals surface area contributed by atoms with Gasteiger partial charge in [0.15, 0.2) is 11.2 Å². The fourth-order valence-electron chi connectivity index (χ4n) is 5.56. The van der Waals surface area contributed by atoms with Crippen LogP contribution in [-0.2, 0) is 18.8 Å². The molecule has 242 valence electrons. The second-order valence-electron chi connectivity index (χ2n) is 11.4. The van der Waals surface area contributed by atoms with Gasteiger partial charge in [0.05, 0.1) is 16.5 Å². The molecule has 6 nitrogen and oxygen atoms in total. The predicted octanol–water partition coefficient (Wildman–Crippen LogP) is 7.75. The number of nitrogens with zero attached hydrogens (tertiary/aromatic N) is 1. The fourth-order valence-corrected chi connectivity index (χ4v) is 5.69. The highest BCUT2D eigenvalue weighted by Crippen LogP contribution is 2.37. The van der Waals surface area contributed by atoms with Crippen LogP contribution < -0.4 is 10.7 Å². The number of piperidine rings is 1. The summed E-state index contributed by atoms with van der Waals surface area (Å²) in [5, 5.41) is 3.57. The molecule has 1 N–H and O–H groups in total. The summed E-state index contributed by atoms with van der Waals surface area (Å²) in [6, 6.07) is 10.5. The quantitative estimate of drug-likeness (QED) is 0.221. The number of alkyl halides is 6. The molecule has 0 bridgehead atoms. The van der Waals surface area contributed by atoms with Gasteiger partial charge >= 0.3 is 12.4 Å². The number of hydrogen-bond donors (Lipinski definition) is 1. The largest absolute Gasteiger partial charge is 0.451 e. The molecule has 4 aromatic rings. The highest BCUT2D eigenvalue weighted by molar-refractivity contribution is 6.30. The number of fused-ring (bicyclic) bond motifs is 1. The van der Waals surface area contributed by atoms with Gasteiger partial charge in [-0.1, -0.05) is 23.7 Å². The van der Waals surface area contributed by atoms with Crippen LogP contribution in [0.2, 0.25) is 5.02 Å². The van der Waals surface area contributed by atoms with Crippen molar-refractivity contribution < 1.29 is 40.3 Å². The minimum Gasteiger partial charge on any atom is -0.451 e. The van der Waals surface area contributed by atoms with E-state index in [2.05, 4.69) is 5.32 Å². The highest BCUT2D eigenvalue weighted by Gasteiger charge is 2.39. The first-order valence-electron chi connectivity index (χ1n) is 14.2. The Kier molecular flexibility index (Phi) is 8.96. The van der Waals surface area contributed by atoms with Gasteiger partial charge in [-0.15, -0.1) is 0 Å². The number of likely N-dealkylation sites (tertiary alicyclic amines) is 1. The Bertz CT molecular complexity index is 1840. The number of rotatable bonds is 5. The summed E-state index contributed by atoms with van der Waals surface area (Å²) < 4.78 is 86.9. The Morgan fingerprint density at radius 3 is 2.13 bits per heavy atom. The zero-order chi connectivity index (χ0) is 33.6. The van der Waals surface area contributed by atoms with Gasteiger partial charge in [0, 0.05) is 35.3 Å². The van der Waals surface area contributed by atoms with E-state index < -0.39 is 58.4 Å². The molecule has 0 unspecified atom stereocenters. The molecule has 1 aliphatic heterocycles. The lowest BCUT2D eigenvalue weighted by molar-refractivity contribution is -0.143. The molecule has 2 heterocycles. The van der Waals surface area contributed by atoms with Gasteiger partial charge < -0.3 is 14.6 Å². The van der Waals surface area contributed by atoms with Gasteiger partial charge in [-0.2, -0.15) is 26.3 Å². The standard InChI is InChI=1S/C33H27ClF6N2O4/c1-17-9-26-27(43)16-29(46-28(26)10-18(17)2)30(44)41-24-7-8-42(25(15-24)11-19-3-5-23(34)6-4-19)31(45)20-12-21(32(35,36)37)14-22(13-20)33(38,39)40/h3-6,9-10,12-14,16,24-25H,7-8,11,15H2,1-2H3,(H,41,44)/t24-,25+/m0/s1. The van der Waals surface area contributed by atoms with Crippen molar-refractivity contribution in [3.8, 4) is 0 Å². The van der Waals surface area contributed by atoms with Crippen LogP contribution in [0.5, 0.6) is 0 Å². The fraction of sp³-hybridized carbons (Fsp3) is 0.303. The highest BCUT2D eigenvalue weighted by atomic mass is 35.5. The number of benzene rings is 3. The minimum absolute atomic E-state index is 0.0304. The summed E-state index contributed by atoms with van der Waals surface area (Å²) in [5.41, 5.74) is -1.67. The van der Waals surface area contributed by atoms with E-state index in [1.165, 1.54) is 4.90 Å². The summed E-state index contributed by atoms with van der Waals surface area (Å²) in [6.45, 7) is 3.59. The molecule has 1 fully saturated rings. The second kappa shape index (κ2) is 12.5. The summed E-state index contributed by atoms with van der Waals surface area (Å²) in [5.74, 6) is -1.91. The van der Waals surface area contributed by atoms with Crippen LogP contribution in [-0.4, -0.2) is 35.3 Å². The van der Waals surface area contributed by atoms with Gasteiger partial charge in [-0.3, -0.25) is 14.4 Å². The van der Waals surface area contributed by atoms with Gasteiger partial charge in [-0.05, 0) is 92.3 Å². The van der Waals surface area contributed by atoms with Gasteiger partial charge in [-0.25, -0.2) is 0 Å². The third kappa shape index (κ3) is 7.22. The molecule has 1 saturated heterocycles. The number of hydrogen-bond acceptors (Lipinski definition) is 4. The lowest BCUT2D eigenvalue weighted by Gasteiger charge is -2.40. The Morgan fingerprint density at radius 2 is 1.52 bits per heavy atom. The molecule has 5 rings (SSSR count). The molecule has 2 amide bonds. The molecule has 13 heteroatoms. The van der Waals surface area contributed by atoms with Crippen LogP contribution in [0.25, 0.3) is 11.0 Å². The smallest absolute Gasteiger partial charge is 0.416 e. The molecular weight excluding hydrogens is 638 g/mol. The lowest BCUT2D eigenvalue weighted by Crippen LogP contribution is -2.52. The van der Waals surface area contributed by atoms with Crippen molar-refractivity contribution >= 4 is 34.4 Å². The molecule has 1 aliphatic rings. The zero-order valence-corrected chi connectivity index (χ0v) is 25.2. The van der Waals surface area contributed by atoms with Crippen LogP contribution >= 0.6 is 11.6 Å². The van der Waals surface area contributed by atoms with E-state index in [9.17, 15) is 40.7 Å². The Hall–Kier alpha value is -4.32. The van der Waals surface area contributed by atoms with Crippen molar-refractivity contribution in [2.24, 2.45) is 0 Å². The van der Waals surface area contributed by atoms with E-state index in [-0.39, 0.29) is 43.2 Å². The topological polar surface area (TPSA) is 79.6 Å². The van der Waals surface area contributed by atoms with E-state index in [1.807, 2.05) is 13.8 Å². The van der Waals surface area contributed by atoms with Crippen molar-refractivity contribution in [1.82, 2.24) is 10.2 Å². The van der Waals surface area contributed by atoms with Crippen molar-refractivity contribution in [1.29, 1.82) is 0 Å². The molecule has 1 aromatic heterocycles. The lowest BCUT2D eigenvalue weighted by atomic mass is 9.91. The minimum atomic E-state index is -5.12. The van der Waals surface area contributed by atoms with Crippen LogP contribution in [0.1, 0.15) is 61.6 Å². The molecule has 0 radical (unpaired) electrons. The van der Waals surface area contributed by atoms with Crippen LogP contribution in [0.15, 0.2) is 69.9 Å². The van der Waals surface area contributed by atoms with Gasteiger partial charge in [0.25, 0.3) is 11.8 Å². The van der Waals surface area contributed by atoms with Crippen LogP contribution in [0, 0.1) is 13.8 Å². The number of amides is 2. The third-order valence-corrected chi connectivity index (χ3v) is 8.35. The summed E-state index contributed by atoms with van der Waals surface area (Å²) in [6.07, 6.45) is -9.82. The Balaban J connectivity index is 1.43. The maximum atomic E-state index is 13.6. The van der Waals surface area contributed by atoms with E-state index in [1.54, 1.807) is 36.4 Å². The van der Waals surface area contributed by atoms with Crippen molar-refractivity contribution in [3.63, 3.8) is 0 Å². The molecule has 0 spiro atoms. The molecular formula is C33H27ClF6N2O4. The third-order valence-electron chi connectivity index (χ3n) is 8.10. The average molecular weight is 665 g/mol. The zero-order valence-electron chi connectivity index (χ0n) is 24.5.